The molecule has 0 bridgehead atoms. The highest BCUT2D eigenvalue weighted by Crippen LogP contribution is 2.24. The Kier molecular flexibility index (Phi) is 4.60. The molecule has 1 N–H and O–H groups in total. The van der Waals surface area contributed by atoms with Gasteiger partial charge in [0.15, 0.2) is 10.8 Å². The third kappa shape index (κ3) is 3.42. The molecular formula is C18H14BrN5OS. The van der Waals surface area contributed by atoms with Crippen LogP contribution in [0.15, 0.2) is 58.2 Å². The van der Waals surface area contributed by atoms with Crippen LogP contribution in [0.1, 0.15) is 5.82 Å². The van der Waals surface area contributed by atoms with Gasteiger partial charge in [-0.1, -0.05) is 39.8 Å². The molecule has 1 amide bonds. The van der Waals surface area contributed by atoms with Crippen LogP contribution < -0.4 is 5.32 Å². The van der Waals surface area contributed by atoms with E-state index in [1.54, 1.807) is 4.52 Å². The van der Waals surface area contributed by atoms with Gasteiger partial charge in [0.1, 0.15) is 5.82 Å². The lowest BCUT2D eigenvalue weighted by molar-refractivity contribution is -0.113. The highest BCUT2D eigenvalue weighted by molar-refractivity contribution is 9.10. The SMILES string of the molecule is Cc1nc2c3ccccc3nc(SCC(=O)Nc3ccc(Br)cc3)n2n1. The van der Waals surface area contributed by atoms with Crippen LogP contribution in [0, 0.1) is 6.92 Å². The third-order valence-corrected chi connectivity index (χ3v) is 5.17. The van der Waals surface area contributed by atoms with Crippen molar-refractivity contribution in [3.05, 3.63) is 58.8 Å². The van der Waals surface area contributed by atoms with E-state index in [1.807, 2.05) is 55.5 Å². The number of para-hydroxylation sites is 1. The van der Waals surface area contributed by atoms with Crippen LogP contribution in [-0.4, -0.2) is 31.2 Å². The van der Waals surface area contributed by atoms with E-state index in [-0.39, 0.29) is 11.7 Å². The molecule has 26 heavy (non-hydrogen) atoms. The molecule has 0 saturated heterocycles. The van der Waals surface area contributed by atoms with E-state index in [9.17, 15) is 4.79 Å². The van der Waals surface area contributed by atoms with Crippen molar-refractivity contribution < 1.29 is 4.79 Å². The first kappa shape index (κ1) is 17.0. The zero-order valence-electron chi connectivity index (χ0n) is 13.8. The lowest BCUT2D eigenvalue weighted by atomic mass is 10.2. The summed E-state index contributed by atoms with van der Waals surface area (Å²) in [5, 5.41) is 8.88. The van der Waals surface area contributed by atoms with Crippen molar-refractivity contribution in [3.8, 4) is 0 Å². The van der Waals surface area contributed by atoms with Gasteiger partial charge < -0.3 is 5.32 Å². The predicted octanol–water partition coefficient (Wildman–Crippen LogP) is 4.08. The summed E-state index contributed by atoms with van der Waals surface area (Å²) in [4.78, 5) is 21.4. The highest BCUT2D eigenvalue weighted by Gasteiger charge is 2.13. The lowest BCUT2D eigenvalue weighted by Gasteiger charge is -2.07. The highest BCUT2D eigenvalue weighted by atomic mass is 79.9. The minimum atomic E-state index is -0.0998. The van der Waals surface area contributed by atoms with E-state index < -0.39 is 0 Å². The third-order valence-electron chi connectivity index (χ3n) is 3.72. The standard InChI is InChI=1S/C18H14BrN5OS/c1-11-20-17-14-4-2-3-5-15(14)22-18(24(17)23-11)26-10-16(25)21-13-8-6-12(19)7-9-13/h2-9H,10H2,1H3,(H,21,25). The van der Waals surface area contributed by atoms with E-state index in [4.69, 9.17) is 0 Å². The number of hydrogen-bond donors (Lipinski definition) is 1. The van der Waals surface area contributed by atoms with Crippen molar-refractivity contribution in [2.75, 3.05) is 11.1 Å². The molecule has 0 atom stereocenters. The second-order valence-corrected chi connectivity index (χ2v) is 7.51. The number of rotatable bonds is 4. The van der Waals surface area contributed by atoms with Gasteiger partial charge in [-0.25, -0.2) is 9.97 Å². The number of aromatic nitrogens is 4. The van der Waals surface area contributed by atoms with Crippen LogP contribution >= 0.6 is 27.7 Å². The van der Waals surface area contributed by atoms with Gasteiger partial charge in [0.05, 0.1) is 11.3 Å². The van der Waals surface area contributed by atoms with Crippen LogP contribution in [0.3, 0.4) is 0 Å². The molecule has 0 aliphatic heterocycles. The van der Waals surface area contributed by atoms with Crippen molar-refractivity contribution in [2.24, 2.45) is 0 Å². The number of benzene rings is 2. The zero-order chi connectivity index (χ0) is 18.1. The first-order chi connectivity index (χ1) is 12.6. The Bertz CT molecular complexity index is 1110. The fourth-order valence-corrected chi connectivity index (χ4v) is 3.60. The number of carbonyl (C=O) groups excluding carboxylic acids is 1. The Morgan fingerprint density at radius 2 is 1.92 bits per heavy atom. The maximum atomic E-state index is 12.3. The van der Waals surface area contributed by atoms with Crippen LogP contribution in [0.25, 0.3) is 16.6 Å². The quantitative estimate of drug-likeness (QED) is 0.392. The summed E-state index contributed by atoms with van der Waals surface area (Å²) in [6.07, 6.45) is 0. The zero-order valence-corrected chi connectivity index (χ0v) is 16.2. The number of carbonyl (C=O) groups is 1. The fraction of sp³-hybridized carbons (Fsp3) is 0.111. The van der Waals surface area contributed by atoms with E-state index in [0.717, 1.165) is 26.7 Å². The Balaban J connectivity index is 1.58. The number of nitrogens with one attached hydrogen (secondary N) is 1. The number of halogens is 1. The van der Waals surface area contributed by atoms with Crippen LogP contribution in [0.5, 0.6) is 0 Å². The first-order valence-electron chi connectivity index (χ1n) is 7.90. The van der Waals surface area contributed by atoms with Gasteiger partial charge in [-0.05, 0) is 43.3 Å². The molecule has 2 aromatic heterocycles. The summed E-state index contributed by atoms with van der Waals surface area (Å²) in [7, 11) is 0. The van der Waals surface area contributed by atoms with Gasteiger partial charge in [0, 0.05) is 15.5 Å². The second-order valence-electron chi connectivity index (χ2n) is 5.65. The van der Waals surface area contributed by atoms with E-state index in [2.05, 4.69) is 36.3 Å². The van der Waals surface area contributed by atoms with Gasteiger partial charge >= 0.3 is 0 Å². The Labute approximate surface area is 162 Å². The molecule has 0 fully saturated rings. The summed E-state index contributed by atoms with van der Waals surface area (Å²) >= 11 is 4.71. The summed E-state index contributed by atoms with van der Waals surface area (Å²) < 4.78 is 2.67. The van der Waals surface area contributed by atoms with E-state index in [1.165, 1.54) is 11.8 Å². The average molecular weight is 428 g/mol. The number of nitrogens with zero attached hydrogens (tertiary/aromatic N) is 4. The summed E-state index contributed by atoms with van der Waals surface area (Å²) in [6, 6.07) is 15.3. The number of thioether (sulfide) groups is 1. The molecule has 0 saturated carbocycles. The van der Waals surface area contributed by atoms with Crippen molar-refractivity contribution in [1.29, 1.82) is 0 Å². The van der Waals surface area contributed by atoms with E-state index >= 15 is 0 Å². The molecule has 2 heterocycles. The molecule has 4 rings (SSSR count). The number of amides is 1. The fourth-order valence-electron chi connectivity index (χ4n) is 2.59. The summed E-state index contributed by atoms with van der Waals surface area (Å²) in [6.45, 7) is 1.84. The predicted molar refractivity (Wildman–Crippen MR) is 107 cm³/mol. The molecule has 0 radical (unpaired) electrons. The maximum absolute atomic E-state index is 12.3. The molecule has 0 aliphatic rings. The summed E-state index contributed by atoms with van der Waals surface area (Å²) in [5.41, 5.74) is 2.35. The van der Waals surface area contributed by atoms with Crippen molar-refractivity contribution >= 4 is 55.8 Å². The molecule has 6 nitrogen and oxygen atoms in total. The largest absolute Gasteiger partial charge is 0.325 e. The number of fused-ring (bicyclic) bond motifs is 3. The van der Waals surface area contributed by atoms with Gasteiger partial charge in [0.25, 0.3) is 0 Å². The normalized spacial score (nSPS) is 11.2. The molecule has 130 valence electrons. The van der Waals surface area contributed by atoms with Gasteiger partial charge in [-0.15, -0.1) is 5.10 Å². The van der Waals surface area contributed by atoms with Crippen LogP contribution in [0.4, 0.5) is 5.69 Å². The summed E-state index contributed by atoms with van der Waals surface area (Å²) in [5.74, 6) is 0.802. The molecule has 8 heteroatoms. The molecule has 4 aromatic rings. The van der Waals surface area contributed by atoms with Gasteiger partial charge in [-0.2, -0.15) is 4.52 Å². The van der Waals surface area contributed by atoms with Crippen LogP contribution in [0.2, 0.25) is 0 Å². The lowest BCUT2D eigenvalue weighted by Crippen LogP contribution is -2.14. The second kappa shape index (κ2) is 7.05. The number of anilines is 1. The molecule has 0 aliphatic carbocycles. The monoisotopic (exact) mass is 427 g/mol. The molecule has 0 spiro atoms. The van der Waals surface area contributed by atoms with Crippen molar-refractivity contribution in [2.45, 2.75) is 12.1 Å². The van der Waals surface area contributed by atoms with Gasteiger partial charge in [0.2, 0.25) is 5.91 Å². The topological polar surface area (TPSA) is 72.2 Å². The Hall–Kier alpha value is -2.45. The van der Waals surface area contributed by atoms with Crippen molar-refractivity contribution in [1.82, 2.24) is 19.6 Å². The minimum Gasteiger partial charge on any atom is -0.325 e. The molecule has 0 unspecified atom stereocenters. The van der Waals surface area contributed by atoms with E-state index in [0.29, 0.717) is 11.0 Å². The molecule has 2 aromatic carbocycles. The Morgan fingerprint density at radius 3 is 2.73 bits per heavy atom. The minimum absolute atomic E-state index is 0.0998. The Morgan fingerprint density at radius 1 is 1.15 bits per heavy atom. The number of hydrogen-bond acceptors (Lipinski definition) is 5. The first-order valence-corrected chi connectivity index (χ1v) is 9.68. The number of aryl methyl sites for hydroxylation is 1. The average Bonchev–Trinajstić information content (AvgIpc) is 3.03. The van der Waals surface area contributed by atoms with Crippen LogP contribution in [-0.2, 0) is 4.79 Å². The smallest absolute Gasteiger partial charge is 0.234 e. The molecular weight excluding hydrogens is 414 g/mol. The van der Waals surface area contributed by atoms with Gasteiger partial charge in [-0.3, -0.25) is 4.79 Å². The van der Waals surface area contributed by atoms with Crippen molar-refractivity contribution in [3.63, 3.8) is 0 Å². The maximum Gasteiger partial charge on any atom is 0.234 e.